The zero-order valence-electron chi connectivity index (χ0n) is 15.6. The van der Waals surface area contributed by atoms with E-state index in [2.05, 4.69) is 15.4 Å². The van der Waals surface area contributed by atoms with E-state index >= 15 is 0 Å². The van der Waals surface area contributed by atoms with Crippen LogP contribution in [0.3, 0.4) is 0 Å². The standard InChI is InChI=1S/C20H20N4O4/c1-3-27-19-16(9-6-11-21-19)18(25)22-14-7-5-8-15(13-14)24-12-10-17(23-24)20(26)28-4-2/h5-13H,3-4H2,1-2H3,(H,22,25). The highest BCUT2D eigenvalue weighted by atomic mass is 16.5. The van der Waals surface area contributed by atoms with Crippen LogP contribution >= 0.6 is 0 Å². The third-order valence-electron chi connectivity index (χ3n) is 3.74. The highest BCUT2D eigenvalue weighted by Gasteiger charge is 2.14. The van der Waals surface area contributed by atoms with Crippen LogP contribution in [0, 0.1) is 0 Å². The van der Waals surface area contributed by atoms with Gasteiger partial charge in [-0.15, -0.1) is 0 Å². The molecule has 28 heavy (non-hydrogen) atoms. The molecule has 0 aliphatic rings. The summed E-state index contributed by atoms with van der Waals surface area (Å²) in [6, 6.07) is 12.0. The van der Waals surface area contributed by atoms with Crippen LogP contribution in [0.4, 0.5) is 5.69 Å². The Morgan fingerprint density at radius 1 is 1.11 bits per heavy atom. The third-order valence-corrected chi connectivity index (χ3v) is 3.74. The third kappa shape index (κ3) is 4.35. The fourth-order valence-corrected chi connectivity index (χ4v) is 2.52. The zero-order chi connectivity index (χ0) is 19.9. The number of aromatic nitrogens is 3. The van der Waals surface area contributed by atoms with Gasteiger partial charge in [0.25, 0.3) is 5.91 Å². The number of carbonyl (C=O) groups is 2. The summed E-state index contributed by atoms with van der Waals surface area (Å²) in [7, 11) is 0. The number of rotatable bonds is 7. The summed E-state index contributed by atoms with van der Waals surface area (Å²) in [4.78, 5) is 28.5. The summed E-state index contributed by atoms with van der Waals surface area (Å²) >= 11 is 0. The second-order valence-electron chi connectivity index (χ2n) is 5.66. The molecule has 2 aromatic heterocycles. The molecule has 0 aliphatic heterocycles. The van der Waals surface area contributed by atoms with Gasteiger partial charge in [-0.05, 0) is 50.2 Å². The van der Waals surface area contributed by atoms with E-state index in [1.807, 2.05) is 13.0 Å². The number of benzene rings is 1. The molecule has 0 atom stereocenters. The van der Waals surface area contributed by atoms with Crippen LogP contribution in [0.1, 0.15) is 34.7 Å². The molecule has 1 amide bonds. The van der Waals surface area contributed by atoms with E-state index < -0.39 is 5.97 Å². The molecule has 8 nitrogen and oxygen atoms in total. The van der Waals surface area contributed by atoms with Crippen molar-refractivity contribution in [2.24, 2.45) is 0 Å². The Morgan fingerprint density at radius 2 is 1.96 bits per heavy atom. The first-order valence-corrected chi connectivity index (χ1v) is 8.84. The number of anilines is 1. The maximum absolute atomic E-state index is 12.6. The van der Waals surface area contributed by atoms with Gasteiger partial charge in [-0.3, -0.25) is 4.79 Å². The van der Waals surface area contributed by atoms with E-state index in [4.69, 9.17) is 9.47 Å². The number of hydrogen-bond donors (Lipinski definition) is 1. The van der Waals surface area contributed by atoms with Gasteiger partial charge in [0.2, 0.25) is 5.88 Å². The molecule has 1 aromatic carbocycles. The van der Waals surface area contributed by atoms with Gasteiger partial charge in [0.15, 0.2) is 5.69 Å². The summed E-state index contributed by atoms with van der Waals surface area (Å²) in [6.45, 7) is 4.26. The summed E-state index contributed by atoms with van der Waals surface area (Å²) in [5.74, 6) is -0.531. The van der Waals surface area contributed by atoms with Gasteiger partial charge < -0.3 is 14.8 Å². The molecule has 0 saturated carbocycles. The molecule has 0 unspecified atom stereocenters. The number of ether oxygens (including phenoxy) is 2. The second kappa shape index (κ2) is 8.81. The number of nitrogens with zero attached hydrogens (tertiary/aromatic N) is 3. The van der Waals surface area contributed by atoms with E-state index in [0.29, 0.717) is 23.5 Å². The monoisotopic (exact) mass is 380 g/mol. The average Bonchev–Trinajstić information content (AvgIpc) is 3.19. The van der Waals surface area contributed by atoms with Crippen LogP contribution < -0.4 is 10.1 Å². The van der Waals surface area contributed by atoms with E-state index in [0.717, 1.165) is 0 Å². The minimum Gasteiger partial charge on any atom is -0.477 e. The zero-order valence-corrected chi connectivity index (χ0v) is 15.6. The Hall–Kier alpha value is -3.68. The first-order chi connectivity index (χ1) is 13.6. The minimum atomic E-state index is -0.481. The smallest absolute Gasteiger partial charge is 0.358 e. The van der Waals surface area contributed by atoms with E-state index in [-0.39, 0.29) is 24.1 Å². The van der Waals surface area contributed by atoms with Crippen molar-refractivity contribution in [2.45, 2.75) is 13.8 Å². The SMILES string of the molecule is CCOC(=O)c1ccn(-c2cccc(NC(=O)c3cccnc3OCC)c2)n1. The summed E-state index contributed by atoms with van der Waals surface area (Å²) in [5.41, 5.74) is 1.82. The van der Waals surface area contributed by atoms with Crippen LogP contribution in [0.2, 0.25) is 0 Å². The Kier molecular flexibility index (Phi) is 6.01. The lowest BCUT2D eigenvalue weighted by molar-refractivity contribution is 0.0519. The largest absolute Gasteiger partial charge is 0.477 e. The molecule has 3 aromatic rings. The summed E-state index contributed by atoms with van der Waals surface area (Å²) in [5, 5.41) is 7.04. The van der Waals surface area contributed by atoms with Gasteiger partial charge in [-0.25, -0.2) is 14.5 Å². The van der Waals surface area contributed by atoms with Gasteiger partial charge in [0.1, 0.15) is 5.56 Å². The van der Waals surface area contributed by atoms with Crippen molar-refractivity contribution >= 4 is 17.6 Å². The maximum atomic E-state index is 12.6. The number of hydrogen-bond acceptors (Lipinski definition) is 6. The molecule has 2 heterocycles. The number of pyridine rings is 1. The van der Waals surface area contributed by atoms with Crippen molar-refractivity contribution in [2.75, 3.05) is 18.5 Å². The molecular formula is C20H20N4O4. The van der Waals surface area contributed by atoms with Crippen LogP contribution in [0.25, 0.3) is 5.69 Å². The van der Waals surface area contributed by atoms with Gasteiger partial charge in [-0.1, -0.05) is 6.07 Å². The normalized spacial score (nSPS) is 10.4. The van der Waals surface area contributed by atoms with E-state index in [1.165, 1.54) is 4.68 Å². The minimum absolute atomic E-state index is 0.216. The predicted molar refractivity (Wildman–Crippen MR) is 103 cm³/mol. The van der Waals surface area contributed by atoms with Gasteiger partial charge in [-0.2, -0.15) is 5.10 Å². The van der Waals surface area contributed by atoms with Gasteiger partial charge in [0, 0.05) is 18.1 Å². The molecule has 1 N–H and O–H groups in total. The summed E-state index contributed by atoms with van der Waals surface area (Å²) in [6.07, 6.45) is 3.22. The first-order valence-electron chi connectivity index (χ1n) is 8.84. The topological polar surface area (TPSA) is 95.3 Å². The van der Waals surface area contributed by atoms with Crippen LogP contribution in [0.15, 0.2) is 54.9 Å². The van der Waals surface area contributed by atoms with Crippen molar-refractivity contribution < 1.29 is 19.1 Å². The highest BCUT2D eigenvalue weighted by molar-refractivity contribution is 6.05. The fraction of sp³-hybridized carbons (Fsp3) is 0.200. The molecule has 0 radical (unpaired) electrons. The van der Waals surface area contributed by atoms with E-state index in [1.54, 1.807) is 55.7 Å². The lowest BCUT2D eigenvalue weighted by atomic mass is 10.2. The average molecular weight is 380 g/mol. The molecular weight excluding hydrogens is 360 g/mol. The molecule has 8 heteroatoms. The maximum Gasteiger partial charge on any atom is 0.358 e. The number of carbonyl (C=O) groups excluding carboxylic acids is 2. The van der Waals surface area contributed by atoms with Crippen molar-refractivity contribution in [3.63, 3.8) is 0 Å². The predicted octanol–water partition coefficient (Wildman–Crippen LogP) is 3.10. The Labute approximate surface area is 162 Å². The molecule has 3 rings (SSSR count). The molecule has 0 aliphatic carbocycles. The lowest BCUT2D eigenvalue weighted by Crippen LogP contribution is -2.14. The van der Waals surface area contributed by atoms with Crippen LogP contribution in [0.5, 0.6) is 5.88 Å². The Morgan fingerprint density at radius 3 is 2.75 bits per heavy atom. The van der Waals surface area contributed by atoms with Crippen molar-refractivity contribution in [1.29, 1.82) is 0 Å². The Bertz CT molecular complexity index is 984. The van der Waals surface area contributed by atoms with E-state index in [9.17, 15) is 9.59 Å². The second-order valence-corrected chi connectivity index (χ2v) is 5.66. The summed E-state index contributed by atoms with van der Waals surface area (Å²) < 4.78 is 11.9. The van der Waals surface area contributed by atoms with Crippen LogP contribution in [-0.2, 0) is 4.74 Å². The lowest BCUT2D eigenvalue weighted by Gasteiger charge is -2.10. The number of amides is 1. The van der Waals surface area contributed by atoms with Gasteiger partial charge in [0.05, 0.1) is 18.9 Å². The molecule has 0 spiro atoms. The molecule has 0 bridgehead atoms. The molecule has 144 valence electrons. The number of esters is 1. The van der Waals surface area contributed by atoms with Crippen molar-refractivity contribution in [3.8, 4) is 11.6 Å². The quantitative estimate of drug-likeness (QED) is 0.633. The molecule has 0 saturated heterocycles. The van der Waals surface area contributed by atoms with Crippen molar-refractivity contribution in [3.05, 3.63) is 66.1 Å². The highest BCUT2D eigenvalue weighted by Crippen LogP contribution is 2.19. The number of nitrogens with one attached hydrogen (secondary N) is 1. The first kappa shape index (κ1) is 19.1. The fourth-order valence-electron chi connectivity index (χ4n) is 2.52. The van der Waals surface area contributed by atoms with Crippen molar-refractivity contribution in [1.82, 2.24) is 14.8 Å². The Balaban J connectivity index is 1.79. The van der Waals surface area contributed by atoms with Crippen LogP contribution in [-0.4, -0.2) is 39.9 Å². The molecule has 0 fully saturated rings. The van der Waals surface area contributed by atoms with Gasteiger partial charge >= 0.3 is 5.97 Å².